The number of hydrogen-bond donors (Lipinski definition) is 1. The molecule has 164 valence electrons. The number of carbonyl (C=O) groups excluding carboxylic acids is 1. The van der Waals surface area contributed by atoms with E-state index < -0.39 is 18.6 Å². The third-order valence-corrected chi connectivity index (χ3v) is 5.23. The molecule has 31 heavy (non-hydrogen) atoms. The lowest BCUT2D eigenvalue weighted by molar-refractivity contribution is -0.141. The zero-order valence-corrected chi connectivity index (χ0v) is 17.6. The van der Waals surface area contributed by atoms with Crippen molar-refractivity contribution < 1.29 is 27.4 Å². The first-order valence-electron chi connectivity index (χ1n) is 9.13. The monoisotopic (exact) mass is 451 g/mol. The van der Waals surface area contributed by atoms with Crippen molar-refractivity contribution in [2.75, 3.05) is 25.3 Å². The van der Waals surface area contributed by atoms with E-state index in [9.17, 15) is 18.0 Å². The maximum atomic E-state index is 13.2. The largest absolute Gasteiger partial charge is 0.497 e. The van der Waals surface area contributed by atoms with E-state index in [1.165, 1.54) is 20.4 Å². The maximum Gasteiger partial charge on any atom is 0.406 e. The Morgan fingerprint density at radius 3 is 2.52 bits per heavy atom. The van der Waals surface area contributed by atoms with Crippen molar-refractivity contribution in [3.05, 3.63) is 54.7 Å². The smallest absolute Gasteiger partial charge is 0.406 e. The van der Waals surface area contributed by atoms with E-state index in [4.69, 9.17) is 9.47 Å². The minimum atomic E-state index is -4.43. The molecule has 1 N–H and O–H groups in total. The van der Waals surface area contributed by atoms with Crippen molar-refractivity contribution in [3.63, 3.8) is 0 Å². The van der Waals surface area contributed by atoms with Gasteiger partial charge >= 0.3 is 6.18 Å². The Bertz CT molecular complexity index is 1040. The van der Waals surface area contributed by atoms with E-state index in [0.29, 0.717) is 28.4 Å². The van der Waals surface area contributed by atoms with E-state index in [1.807, 2.05) is 0 Å². The molecule has 0 bridgehead atoms. The standard InChI is InChI=1S/C21H20F3N3O3S/c1-29-15-8-9-18(30-2)16(10-15)26-19(28)12-31-20-25-11-17(14-6-4-3-5-7-14)27(20)13-21(22,23)24/h3-11H,12-13H2,1-2H3,(H,26,28). The van der Waals surface area contributed by atoms with Gasteiger partial charge in [0.2, 0.25) is 5.91 Å². The van der Waals surface area contributed by atoms with Gasteiger partial charge in [-0.05, 0) is 17.7 Å². The molecule has 0 aliphatic carbocycles. The van der Waals surface area contributed by atoms with Gasteiger partial charge in [0.05, 0.1) is 37.6 Å². The Morgan fingerprint density at radius 1 is 1.13 bits per heavy atom. The molecule has 0 spiro atoms. The number of anilines is 1. The topological polar surface area (TPSA) is 65.4 Å². The molecular formula is C21H20F3N3O3S. The molecule has 0 saturated carbocycles. The van der Waals surface area contributed by atoms with Crippen LogP contribution in [0.3, 0.4) is 0 Å². The summed E-state index contributed by atoms with van der Waals surface area (Å²) >= 11 is 0.922. The number of rotatable bonds is 8. The van der Waals surface area contributed by atoms with Gasteiger partial charge in [0.15, 0.2) is 5.16 Å². The van der Waals surface area contributed by atoms with Gasteiger partial charge in [-0.15, -0.1) is 0 Å². The molecule has 1 aromatic heterocycles. The van der Waals surface area contributed by atoms with Crippen molar-refractivity contribution in [1.29, 1.82) is 0 Å². The molecule has 0 saturated heterocycles. The Balaban J connectivity index is 1.77. The second-order valence-corrected chi connectivity index (χ2v) is 7.34. The highest BCUT2D eigenvalue weighted by Crippen LogP contribution is 2.31. The van der Waals surface area contributed by atoms with Crippen LogP contribution in [0.4, 0.5) is 18.9 Å². The fourth-order valence-electron chi connectivity index (χ4n) is 2.87. The molecule has 1 amide bonds. The first-order chi connectivity index (χ1) is 14.8. The predicted molar refractivity (Wildman–Crippen MR) is 113 cm³/mol. The summed E-state index contributed by atoms with van der Waals surface area (Å²) in [5.74, 6) is 0.407. The van der Waals surface area contributed by atoms with E-state index in [0.717, 1.165) is 16.3 Å². The van der Waals surface area contributed by atoms with Crippen LogP contribution >= 0.6 is 11.8 Å². The summed E-state index contributed by atoms with van der Waals surface area (Å²) in [6, 6.07) is 13.6. The second kappa shape index (κ2) is 9.78. The van der Waals surface area contributed by atoms with E-state index in [-0.39, 0.29) is 10.9 Å². The number of methoxy groups -OCH3 is 2. The summed E-state index contributed by atoms with van der Waals surface area (Å²) in [5, 5.41) is 2.79. The van der Waals surface area contributed by atoms with Crippen LogP contribution in [0.1, 0.15) is 0 Å². The number of alkyl halides is 3. The van der Waals surface area contributed by atoms with Crippen LogP contribution in [0.2, 0.25) is 0 Å². The van der Waals surface area contributed by atoms with E-state index in [1.54, 1.807) is 48.5 Å². The van der Waals surface area contributed by atoms with Gasteiger partial charge in [-0.25, -0.2) is 4.98 Å². The molecule has 6 nitrogen and oxygen atoms in total. The molecule has 2 aromatic carbocycles. The maximum absolute atomic E-state index is 13.2. The van der Waals surface area contributed by atoms with Gasteiger partial charge in [-0.3, -0.25) is 4.79 Å². The Labute approximate surface area is 181 Å². The minimum absolute atomic E-state index is 0.101. The van der Waals surface area contributed by atoms with Crippen molar-refractivity contribution in [2.45, 2.75) is 17.9 Å². The SMILES string of the molecule is COc1ccc(OC)c(NC(=O)CSc2ncc(-c3ccccc3)n2CC(F)(F)F)c1. The number of halogens is 3. The fourth-order valence-corrected chi connectivity index (χ4v) is 3.65. The molecule has 10 heteroatoms. The lowest BCUT2D eigenvalue weighted by Gasteiger charge is -2.14. The van der Waals surface area contributed by atoms with Crippen LogP contribution in [-0.4, -0.2) is 41.6 Å². The lowest BCUT2D eigenvalue weighted by Crippen LogP contribution is -2.20. The summed E-state index contributed by atoms with van der Waals surface area (Å²) in [5.41, 5.74) is 1.34. The highest BCUT2D eigenvalue weighted by Gasteiger charge is 2.31. The average Bonchev–Trinajstić information content (AvgIpc) is 3.13. The molecule has 0 aliphatic heterocycles. The Kier molecular flexibility index (Phi) is 7.11. The van der Waals surface area contributed by atoms with Gasteiger partial charge in [0, 0.05) is 6.07 Å². The van der Waals surface area contributed by atoms with Crippen LogP contribution in [0.5, 0.6) is 11.5 Å². The molecular weight excluding hydrogens is 431 g/mol. The third kappa shape index (κ3) is 5.94. The number of amides is 1. The van der Waals surface area contributed by atoms with Crippen LogP contribution in [0.25, 0.3) is 11.3 Å². The minimum Gasteiger partial charge on any atom is -0.497 e. The van der Waals surface area contributed by atoms with Gasteiger partial charge in [0.25, 0.3) is 0 Å². The third-order valence-electron chi connectivity index (χ3n) is 4.24. The second-order valence-electron chi connectivity index (χ2n) is 6.40. The summed E-state index contributed by atoms with van der Waals surface area (Å²) in [6.45, 7) is -1.20. The normalized spacial score (nSPS) is 11.3. The van der Waals surface area contributed by atoms with Gasteiger partial charge < -0.3 is 19.4 Å². The lowest BCUT2D eigenvalue weighted by atomic mass is 10.2. The summed E-state index contributed by atoms with van der Waals surface area (Å²) < 4.78 is 50.9. The number of aromatic nitrogens is 2. The zero-order chi connectivity index (χ0) is 22.4. The number of benzene rings is 2. The number of hydrogen-bond acceptors (Lipinski definition) is 5. The highest BCUT2D eigenvalue weighted by molar-refractivity contribution is 7.99. The van der Waals surface area contributed by atoms with Crippen molar-refractivity contribution in [3.8, 4) is 22.8 Å². The van der Waals surface area contributed by atoms with Crippen molar-refractivity contribution in [1.82, 2.24) is 9.55 Å². The van der Waals surface area contributed by atoms with E-state index >= 15 is 0 Å². The quantitative estimate of drug-likeness (QED) is 0.496. The van der Waals surface area contributed by atoms with Crippen LogP contribution in [0.15, 0.2) is 59.9 Å². The molecule has 3 aromatic rings. The summed E-state index contributed by atoms with van der Waals surface area (Å²) in [6.07, 6.45) is -3.05. The van der Waals surface area contributed by atoms with E-state index in [2.05, 4.69) is 10.3 Å². The first-order valence-corrected chi connectivity index (χ1v) is 10.1. The number of carbonyl (C=O) groups is 1. The fraction of sp³-hybridized carbons (Fsp3) is 0.238. The first kappa shape index (κ1) is 22.5. The zero-order valence-electron chi connectivity index (χ0n) is 16.8. The van der Waals surface area contributed by atoms with Crippen molar-refractivity contribution >= 4 is 23.4 Å². The van der Waals surface area contributed by atoms with Crippen LogP contribution < -0.4 is 14.8 Å². The average molecular weight is 451 g/mol. The summed E-state index contributed by atoms with van der Waals surface area (Å²) in [7, 11) is 2.96. The number of nitrogens with zero attached hydrogens (tertiary/aromatic N) is 2. The Morgan fingerprint density at radius 2 is 1.87 bits per heavy atom. The molecule has 0 unspecified atom stereocenters. The number of imidazole rings is 1. The molecule has 0 aliphatic rings. The van der Waals surface area contributed by atoms with Gasteiger partial charge in [-0.2, -0.15) is 13.2 Å². The molecule has 3 rings (SSSR count). The summed E-state index contributed by atoms with van der Waals surface area (Å²) in [4.78, 5) is 16.6. The number of ether oxygens (including phenoxy) is 2. The van der Waals surface area contributed by atoms with Crippen LogP contribution in [-0.2, 0) is 11.3 Å². The molecule has 0 atom stereocenters. The Hall–Kier alpha value is -3.14. The number of thioether (sulfide) groups is 1. The van der Waals surface area contributed by atoms with Crippen LogP contribution in [0, 0.1) is 0 Å². The molecule has 0 fully saturated rings. The van der Waals surface area contributed by atoms with Gasteiger partial charge in [0.1, 0.15) is 18.0 Å². The molecule has 1 heterocycles. The molecule has 0 radical (unpaired) electrons. The highest BCUT2D eigenvalue weighted by atomic mass is 32.2. The van der Waals surface area contributed by atoms with Crippen molar-refractivity contribution in [2.24, 2.45) is 0 Å². The number of nitrogens with one attached hydrogen (secondary N) is 1. The van der Waals surface area contributed by atoms with Gasteiger partial charge in [-0.1, -0.05) is 42.1 Å². The predicted octanol–water partition coefficient (Wildman–Crippen LogP) is 4.86.